The molecule has 0 aliphatic heterocycles. The number of aliphatic hydroxyl groups is 1. The van der Waals surface area contributed by atoms with Gasteiger partial charge in [-0.15, -0.1) is 5.10 Å². The van der Waals surface area contributed by atoms with E-state index in [9.17, 15) is 9.90 Å². The number of nitrogens with one attached hydrogen (secondary N) is 2. The van der Waals surface area contributed by atoms with E-state index in [4.69, 9.17) is 19.6 Å². The van der Waals surface area contributed by atoms with E-state index in [0.717, 1.165) is 18.7 Å². The molecule has 9 heteroatoms. The second-order valence-electron chi connectivity index (χ2n) is 9.57. The lowest BCUT2D eigenvalue weighted by Gasteiger charge is -2.20. The second kappa shape index (κ2) is 11.2. The molecule has 0 spiro atoms. The quantitative estimate of drug-likeness (QED) is 0.404. The summed E-state index contributed by atoms with van der Waals surface area (Å²) in [5.74, 6) is 2.71. The summed E-state index contributed by atoms with van der Waals surface area (Å²) < 4.78 is 13.4. The summed E-state index contributed by atoms with van der Waals surface area (Å²) in [4.78, 5) is 20.8. The molecule has 1 aliphatic carbocycles. The van der Waals surface area contributed by atoms with Gasteiger partial charge in [-0.25, -0.2) is 9.50 Å². The first-order chi connectivity index (χ1) is 16.9. The number of benzene rings is 1. The molecule has 9 nitrogen and oxygen atoms in total. The maximum absolute atomic E-state index is 13.1. The Morgan fingerprint density at radius 1 is 1.23 bits per heavy atom. The highest BCUT2D eigenvalue weighted by Crippen LogP contribution is 2.34. The van der Waals surface area contributed by atoms with Gasteiger partial charge in [0.05, 0.1) is 17.9 Å². The summed E-state index contributed by atoms with van der Waals surface area (Å²) in [5, 5.41) is 18.2. The number of rotatable bonds is 10. The Balaban J connectivity index is 1.69. The topological polar surface area (TPSA) is 114 Å². The van der Waals surface area contributed by atoms with Crippen LogP contribution >= 0.6 is 0 Å². The molecule has 1 atom stereocenters. The van der Waals surface area contributed by atoms with Gasteiger partial charge < -0.3 is 24.9 Å². The molecule has 190 valence electrons. The third kappa shape index (κ3) is 5.85. The van der Waals surface area contributed by atoms with Crippen LogP contribution < -0.4 is 20.3 Å². The summed E-state index contributed by atoms with van der Waals surface area (Å²) in [6, 6.07) is 5.67. The average Bonchev–Trinajstić information content (AvgIpc) is 3.19. The minimum atomic E-state index is -0.645. The Hall–Kier alpha value is -2.91. The maximum Gasteiger partial charge on any atom is 0.277 e. The van der Waals surface area contributed by atoms with Crippen LogP contribution in [0.5, 0.6) is 11.5 Å². The zero-order valence-corrected chi connectivity index (χ0v) is 21.1. The fourth-order valence-corrected chi connectivity index (χ4v) is 4.63. The normalized spacial score (nSPS) is 15.6. The molecule has 35 heavy (non-hydrogen) atoms. The third-order valence-corrected chi connectivity index (χ3v) is 6.38. The molecule has 1 unspecified atom stereocenters. The molecule has 1 fully saturated rings. The Kier molecular flexibility index (Phi) is 8.07. The molecular formula is C26H37N5O4. The summed E-state index contributed by atoms with van der Waals surface area (Å²) in [7, 11) is 0. The molecule has 3 N–H and O–H groups in total. The van der Waals surface area contributed by atoms with Gasteiger partial charge in [-0.3, -0.25) is 4.79 Å². The number of hydrogen-bond donors (Lipinski definition) is 3. The fraction of sp³-hybridized carbons (Fsp3) is 0.577. The largest absolute Gasteiger partial charge is 0.493 e. The minimum absolute atomic E-state index is 0.142. The molecule has 0 saturated heterocycles. The molecule has 3 aromatic rings. The van der Waals surface area contributed by atoms with Crippen molar-refractivity contribution in [1.82, 2.24) is 24.9 Å². The van der Waals surface area contributed by atoms with Gasteiger partial charge >= 0.3 is 0 Å². The number of imidazole rings is 1. The lowest BCUT2D eigenvalue weighted by Crippen LogP contribution is -2.35. The molecular weight excluding hydrogens is 446 g/mol. The smallest absolute Gasteiger partial charge is 0.277 e. The number of ether oxygens (including phenoxy) is 2. The lowest BCUT2D eigenvalue weighted by molar-refractivity contribution is 0.104. The van der Waals surface area contributed by atoms with Gasteiger partial charge in [-0.05, 0) is 44.9 Å². The summed E-state index contributed by atoms with van der Waals surface area (Å²) in [6.45, 7) is 8.87. The van der Waals surface area contributed by atoms with E-state index in [2.05, 4.69) is 10.3 Å². The first-order valence-electron chi connectivity index (χ1n) is 12.7. The first kappa shape index (κ1) is 25.2. The van der Waals surface area contributed by atoms with E-state index < -0.39 is 6.10 Å². The van der Waals surface area contributed by atoms with E-state index in [1.165, 1.54) is 19.3 Å². The van der Waals surface area contributed by atoms with Crippen LogP contribution in [-0.2, 0) is 0 Å². The van der Waals surface area contributed by atoms with Crippen molar-refractivity contribution in [3.05, 3.63) is 40.1 Å². The predicted molar refractivity (Wildman–Crippen MR) is 135 cm³/mol. The van der Waals surface area contributed by atoms with Crippen molar-refractivity contribution in [3.8, 4) is 22.9 Å². The van der Waals surface area contributed by atoms with E-state index in [0.29, 0.717) is 53.2 Å². The number of hydrogen-bond acceptors (Lipinski definition) is 7. The zero-order chi connectivity index (χ0) is 24.9. The SMILES string of the molecule is CCOc1ccc(OCC(O)CNC(C)C)cc1-c1nn2c(C3CCCCC3)nc(C)c2c(=O)[nH]1. The summed E-state index contributed by atoms with van der Waals surface area (Å²) >= 11 is 0. The number of nitrogens with zero attached hydrogens (tertiary/aromatic N) is 3. The molecule has 2 heterocycles. The lowest BCUT2D eigenvalue weighted by atomic mass is 9.89. The van der Waals surface area contributed by atoms with Crippen LogP contribution in [0.1, 0.15) is 70.3 Å². The summed E-state index contributed by atoms with van der Waals surface area (Å²) in [5.41, 5.74) is 1.57. The average molecular weight is 484 g/mol. The van der Waals surface area contributed by atoms with E-state index in [1.54, 1.807) is 22.7 Å². The number of aromatic amines is 1. The molecule has 4 rings (SSSR count). The molecule has 2 aromatic heterocycles. The van der Waals surface area contributed by atoms with Crippen molar-refractivity contribution in [1.29, 1.82) is 0 Å². The van der Waals surface area contributed by atoms with Crippen molar-refractivity contribution in [3.63, 3.8) is 0 Å². The minimum Gasteiger partial charge on any atom is -0.493 e. The van der Waals surface area contributed by atoms with Crippen LogP contribution in [0.3, 0.4) is 0 Å². The highest BCUT2D eigenvalue weighted by molar-refractivity contribution is 5.67. The molecule has 1 saturated carbocycles. The van der Waals surface area contributed by atoms with Crippen molar-refractivity contribution in [2.45, 2.75) is 77.9 Å². The highest BCUT2D eigenvalue weighted by Gasteiger charge is 2.24. The number of aliphatic hydroxyl groups excluding tert-OH is 1. The van der Waals surface area contributed by atoms with Crippen LogP contribution in [0.4, 0.5) is 0 Å². The third-order valence-electron chi connectivity index (χ3n) is 6.38. The molecule has 0 amide bonds. The summed E-state index contributed by atoms with van der Waals surface area (Å²) in [6.07, 6.45) is 5.05. The number of fused-ring (bicyclic) bond motifs is 1. The van der Waals surface area contributed by atoms with Gasteiger partial charge in [0.2, 0.25) is 0 Å². The van der Waals surface area contributed by atoms with Gasteiger partial charge in [-0.2, -0.15) is 0 Å². The van der Waals surface area contributed by atoms with Crippen LogP contribution in [0.15, 0.2) is 23.0 Å². The maximum atomic E-state index is 13.1. The van der Waals surface area contributed by atoms with E-state index >= 15 is 0 Å². The van der Waals surface area contributed by atoms with Crippen LogP contribution in [0.2, 0.25) is 0 Å². The van der Waals surface area contributed by atoms with Crippen LogP contribution in [0.25, 0.3) is 16.9 Å². The van der Waals surface area contributed by atoms with Crippen molar-refractivity contribution < 1.29 is 14.6 Å². The van der Waals surface area contributed by atoms with Crippen LogP contribution in [-0.4, -0.2) is 56.6 Å². The second-order valence-corrected chi connectivity index (χ2v) is 9.57. The number of aryl methyl sites for hydroxylation is 1. The predicted octanol–water partition coefficient (Wildman–Crippen LogP) is 3.58. The van der Waals surface area contributed by atoms with Crippen molar-refractivity contribution in [2.75, 3.05) is 19.8 Å². The number of aromatic nitrogens is 4. The monoisotopic (exact) mass is 483 g/mol. The fourth-order valence-electron chi connectivity index (χ4n) is 4.63. The first-order valence-corrected chi connectivity index (χ1v) is 12.7. The molecule has 1 aromatic carbocycles. The molecule has 0 radical (unpaired) electrons. The zero-order valence-electron chi connectivity index (χ0n) is 21.1. The highest BCUT2D eigenvalue weighted by atomic mass is 16.5. The van der Waals surface area contributed by atoms with Gasteiger partial charge in [0.1, 0.15) is 30.0 Å². The number of H-pyrrole nitrogens is 1. The van der Waals surface area contributed by atoms with E-state index in [1.807, 2.05) is 27.7 Å². The van der Waals surface area contributed by atoms with Gasteiger partial charge in [0.15, 0.2) is 11.3 Å². The van der Waals surface area contributed by atoms with E-state index in [-0.39, 0.29) is 18.2 Å². The Bertz CT molecular complexity index is 1200. The van der Waals surface area contributed by atoms with Gasteiger partial charge in [-0.1, -0.05) is 33.1 Å². The Labute approximate surface area is 205 Å². The Morgan fingerprint density at radius 2 is 2.00 bits per heavy atom. The standard InChI is InChI=1S/C26H37N5O4/c1-5-34-22-12-11-20(35-15-19(32)14-27-16(2)3)13-21(22)24-29-26(33)23-17(4)28-25(31(23)30-24)18-9-7-6-8-10-18/h11-13,16,18-19,27,32H,5-10,14-15H2,1-4H3,(H,29,30,33). The molecule has 1 aliphatic rings. The van der Waals surface area contributed by atoms with Crippen molar-refractivity contribution in [2.24, 2.45) is 0 Å². The van der Waals surface area contributed by atoms with Crippen molar-refractivity contribution >= 4 is 5.52 Å². The molecule has 0 bridgehead atoms. The van der Waals surface area contributed by atoms with Gasteiger partial charge in [0.25, 0.3) is 5.56 Å². The van der Waals surface area contributed by atoms with Gasteiger partial charge in [0, 0.05) is 18.5 Å². The van der Waals surface area contributed by atoms with Crippen LogP contribution in [0, 0.1) is 6.92 Å². The Morgan fingerprint density at radius 3 is 2.71 bits per heavy atom.